The third-order valence-electron chi connectivity index (χ3n) is 3.95. The molecule has 0 unspecified atom stereocenters. The van der Waals surface area contributed by atoms with Crippen LogP contribution in [0.5, 0.6) is 0 Å². The summed E-state index contributed by atoms with van der Waals surface area (Å²) in [6.07, 6.45) is -0.346. The summed E-state index contributed by atoms with van der Waals surface area (Å²) in [5, 5.41) is 4.49. The lowest BCUT2D eigenvalue weighted by Gasteiger charge is -2.33. The van der Waals surface area contributed by atoms with Crippen LogP contribution in [0.3, 0.4) is 0 Å². The molecule has 0 bridgehead atoms. The molecule has 3 rings (SSSR count). The van der Waals surface area contributed by atoms with Crippen molar-refractivity contribution in [1.29, 1.82) is 0 Å². The second-order valence-corrected chi connectivity index (χ2v) is 6.00. The van der Waals surface area contributed by atoms with Crippen molar-refractivity contribution in [3.05, 3.63) is 41.0 Å². The number of nitrogens with zero attached hydrogens (tertiary/aromatic N) is 3. The van der Waals surface area contributed by atoms with Crippen molar-refractivity contribution >= 4 is 23.6 Å². The second kappa shape index (κ2) is 7.57. The van der Waals surface area contributed by atoms with Crippen molar-refractivity contribution in [2.75, 3.05) is 32.8 Å². The Hall–Kier alpha value is -2.54. The lowest BCUT2D eigenvalue weighted by molar-refractivity contribution is 0.0562. The Bertz CT molecular complexity index is 752. The van der Waals surface area contributed by atoms with E-state index in [0.717, 1.165) is 5.56 Å². The SMILES string of the molecule is CCOC(=O)N1CCN(C(=O)c2cc(-c3ccc(Cl)cc3)on2)CC1. The van der Waals surface area contributed by atoms with Gasteiger partial charge in [-0.05, 0) is 31.2 Å². The lowest BCUT2D eigenvalue weighted by atomic mass is 10.1. The first-order valence-electron chi connectivity index (χ1n) is 8.02. The molecule has 1 aromatic heterocycles. The maximum atomic E-state index is 12.5. The van der Waals surface area contributed by atoms with Crippen molar-refractivity contribution in [2.45, 2.75) is 6.92 Å². The molecule has 7 nitrogen and oxygen atoms in total. The number of hydrogen-bond donors (Lipinski definition) is 0. The summed E-state index contributed by atoms with van der Waals surface area (Å²) >= 11 is 5.87. The summed E-state index contributed by atoms with van der Waals surface area (Å²) in [5.74, 6) is 0.289. The van der Waals surface area contributed by atoms with Crippen molar-refractivity contribution in [3.8, 4) is 11.3 Å². The van der Waals surface area contributed by atoms with E-state index >= 15 is 0 Å². The number of benzene rings is 1. The third-order valence-corrected chi connectivity index (χ3v) is 4.20. The van der Waals surface area contributed by atoms with Gasteiger partial charge in [0.1, 0.15) is 0 Å². The topological polar surface area (TPSA) is 75.9 Å². The highest BCUT2D eigenvalue weighted by Gasteiger charge is 2.27. The summed E-state index contributed by atoms with van der Waals surface area (Å²) in [6.45, 7) is 3.84. The zero-order chi connectivity index (χ0) is 17.8. The zero-order valence-electron chi connectivity index (χ0n) is 13.8. The Kier molecular flexibility index (Phi) is 5.23. The summed E-state index contributed by atoms with van der Waals surface area (Å²) in [6, 6.07) is 8.71. The van der Waals surface area contributed by atoms with Gasteiger partial charge in [-0.1, -0.05) is 16.8 Å². The van der Waals surface area contributed by atoms with E-state index in [1.165, 1.54) is 0 Å². The number of amides is 2. The highest BCUT2D eigenvalue weighted by atomic mass is 35.5. The molecule has 2 heterocycles. The average molecular weight is 364 g/mol. The maximum Gasteiger partial charge on any atom is 0.409 e. The fourth-order valence-electron chi connectivity index (χ4n) is 2.60. The van der Waals surface area contributed by atoms with Crippen molar-refractivity contribution in [2.24, 2.45) is 0 Å². The summed E-state index contributed by atoms with van der Waals surface area (Å²) in [5.41, 5.74) is 1.04. The molecular formula is C17H18ClN3O4. The minimum absolute atomic E-state index is 0.215. The normalized spacial score (nSPS) is 14.5. The maximum absolute atomic E-state index is 12.5. The molecule has 1 aromatic carbocycles. The van der Waals surface area contributed by atoms with Crippen LogP contribution < -0.4 is 0 Å². The van der Waals surface area contributed by atoms with Crippen LogP contribution in [0.25, 0.3) is 11.3 Å². The van der Waals surface area contributed by atoms with Gasteiger partial charge in [0.2, 0.25) is 0 Å². The molecule has 0 radical (unpaired) electrons. The molecule has 1 saturated heterocycles. The van der Waals surface area contributed by atoms with Gasteiger partial charge in [0, 0.05) is 42.8 Å². The number of ether oxygens (including phenoxy) is 1. The average Bonchev–Trinajstić information content (AvgIpc) is 3.12. The molecule has 25 heavy (non-hydrogen) atoms. The molecule has 132 valence electrons. The van der Waals surface area contributed by atoms with E-state index in [2.05, 4.69) is 5.16 Å². The van der Waals surface area contributed by atoms with E-state index in [0.29, 0.717) is 43.6 Å². The molecular weight excluding hydrogens is 346 g/mol. The van der Waals surface area contributed by atoms with Crippen molar-refractivity contribution in [3.63, 3.8) is 0 Å². The van der Waals surface area contributed by atoms with E-state index < -0.39 is 0 Å². The predicted molar refractivity (Wildman–Crippen MR) is 91.4 cm³/mol. The first-order valence-corrected chi connectivity index (χ1v) is 8.40. The van der Waals surface area contributed by atoms with Gasteiger partial charge < -0.3 is 19.1 Å². The second-order valence-electron chi connectivity index (χ2n) is 5.56. The smallest absolute Gasteiger partial charge is 0.409 e. The van der Waals surface area contributed by atoms with Crippen LogP contribution in [-0.4, -0.2) is 59.7 Å². The fraction of sp³-hybridized carbons (Fsp3) is 0.353. The van der Waals surface area contributed by atoms with Crippen LogP contribution in [0.15, 0.2) is 34.9 Å². The van der Waals surface area contributed by atoms with E-state index in [-0.39, 0.29) is 17.7 Å². The van der Waals surface area contributed by atoms with Gasteiger partial charge >= 0.3 is 6.09 Å². The summed E-state index contributed by atoms with van der Waals surface area (Å²) in [7, 11) is 0. The molecule has 1 fully saturated rings. The number of rotatable bonds is 3. The van der Waals surface area contributed by atoms with Gasteiger partial charge in [-0.3, -0.25) is 4.79 Å². The molecule has 0 saturated carbocycles. The van der Waals surface area contributed by atoms with Gasteiger partial charge in [0.05, 0.1) is 6.61 Å². The lowest BCUT2D eigenvalue weighted by Crippen LogP contribution is -2.50. The molecule has 2 amide bonds. The number of aromatic nitrogens is 1. The van der Waals surface area contributed by atoms with Crippen LogP contribution in [0.4, 0.5) is 4.79 Å². The first-order chi connectivity index (χ1) is 12.1. The van der Waals surface area contributed by atoms with Crippen LogP contribution in [0.1, 0.15) is 17.4 Å². The molecule has 1 aliphatic rings. The molecule has 0 spiro atoms. The van der Waals surface area contributed by atoms with Crippen molar-refractivity contribution in [1.82, 2.24) is 15.0 Å². The van der Waals surface area contributed by atoms with Crippen LogP contribution >= 0.6 is 11.6 Å². The number of hydrogen-bond acceptors (Lipinski definition) is 5. The third kappa shape index (κ3) is 3.93. The van der Waals surface area contributed by atoms with E-state index in [4.69, 9.17) is 20.9 Å². The highest BCUT2D eigenvalue weighted by Crippen LogP contribution is 2.23. The van der Waals surface area contributed by atoms with Crippen LogP contribution in [0, 0.1) is 0 Å². The van der Waals surface area contributed by atoms with Crippen molar-refractivity contribution < 1.29 is 18.8 Å². The minimum Gasteiger partial charge on any atom is -0.450 e. The Morgan fingerprint density at radius 2 is 1.80 bits per heavy atom. The molecule has 2 aromatic rings. The van der Waals surface area contributed by atoms with Crippen LogP contribution in [0.2, 0.25) is 5.02 Å². The number of piperazine rings is 1. The largest absolute Gasteiger partial charge is 0.450 e. The number of carbonyl (C=O) groups is 2. The highest BCUT2D eigenvalue weighted by molar-refractivity contribution is 6.30. The molecule has 1 aliphatic heterocycles. The van der Waals surface area contributed by atoms with Gasteiger partial charge in [-0.15, -0.1) is 0 Å². The van der Waals surface area contributed by atoms with Crippen LogP contribution in [-0.2, 0) is 4.74 Å². The standard InChI is InChI=1S/C17H18ClN3O4/c1-2-24-17(23)21-9-7-20(8-10-21)16(22)14-11-15(25-19-14)12-3-5-13(18)6-4-12/h3-6,11H,2,7-10H2,1H3. The van der Waals surface area contributed by atoms with E-state index in [9.17, 15) is 9.59 Å². The number of halogens is 1. The Labute approximate surface area is 150 Å². The Balaban J connectivity index is 1.63. The van der Waals surface area contributed by atoms with E-state index in [1.807, 2.05) is 0 Å². The molecule has 0 aliphatic carbocycles. The Morgan fingerprint density at radius 3 is 2.44 bits per heavy atom. The predicted octanol–water partition coefficient (Wildman–Crippen LogP) is 2.91. The monoisotopic (exact) mass is 363 g/mol. The summed E-state index contributed by atoms with van der Waals surface area (Å²) < 4.78 is 10.2. The molecule has 8 heteroatoms. The Morgan fingerprint density at radius 1 is 1.16 bits per heavy atom. The summed E-state index contributed by atoms with van der Waals surface area (Å²) in [4.78, 5) is 27.5. The zero-order valence-corrected chi connectivity index (χ0v) is 14.5. The fourth-order valence-corrected chi connectivity index (χ4v) is 2.72. The molecule has 0 N–H and O–H groups in total. The van der Waals surface area contributed by atoms with E-state index in [1.54, 1.807) is 47.1 Å². The van der Waals surface area contributed by atoms with Gasteiger partial charge in [0.25, 0.3) is 5.91 Å². The van der Waals surface area contributed by atoms with Gasteiger partial charge in [0.15, 0.2) is 11.5 Å². The minimum atomic E-state index is -0.346. The van der Waals surface area contributed by atoms with Gasteiger partial charge in [-0.25, -0.2) is 4.79 Å². The quantitative estimate of drug-likeness (QED) is 0.838. The first kappa shape index (κ1) is 17.3. The number of carbonyl (C=O) groups excluding carboxylic acids is 2. The van der Waals surface area contributed by atoms with Gasteiger partial charge in [-0.2, -0.15) is 0 Å². The molecule has 0 atom stereocenters.